The van der Waals surface area contributed by atoms with Crippen molar-refractivity contribution in [2.24, 2.45) is 0 Å². The average molecular weight is 727 g/mol. The van der Waals surface area contributed by atoms with Crippen LogP contribution in [0.25, 0.3) is 90.9 Å². The molecular weight excluding hydrogens is 681 g/mol. The van der Waals surface area contributed by atoms with Crippen LogP contribution in [0.5, 0.6) is 0 Å². The molecule has 5 heterocycles. The molecule has 7 aromatic rings. The van der Waals surface area contributed by atoms with Crippen LogP contribution in [0.2, 0.25) is 0 Å². The molecular formula is C52H46N4. The van der Waals surface area contributed by atoms with Gasteiger partial charge in [0.1, 0.15) is 0 Å². The van der Waals surface area contributed by atoms with Crippen LogP contribution in [0.1, 0.15) is 75.4 Å². The molecule has 2 aliphatic heterocycles. The molecule has 0 atom stereocenters. The van der Waals surface area contributed by atoms with Crippen LogP contribution in [0.3, 0.4) is 0 Å². The smallest absolute Gasteiger partial charge is 0.0737 e. The van der Waals surface area contributed by atoms with Gasteiger partial charge in [0, 0.05) is 44.3 Å². The van der Waals surface area contributed by atoms with Crippen LogP contribution in [-0.4, -0.2) is 19.9 Å². The first-order chi connectivity index (χ1) is 27.0. The van der Waals surface area contributed by atoms with E-state index in [9.17, 15) is 0 Å². The third-order valence-electron chi connectivity index (χ3n) is 11.0. The fourth-order valence-electron chi connectivity index (χ4n) is 7.90. The van der Waals surface area contributed by atoms with Crippen molar-refractivity contribution in [2.75, 3.05) is 0 Å². The first kappa shape index (κ1) is 35.2. The van der Waals surface area contributed by atoms with Gasteiger partial charge in [-0.05, 0) is 92.8 Å². The fourth-order valence-corrected chi connectivity index (χ4v) is 7.90. The molecule has 0 aliphatic carbocycles. The first-order valence-electron chi connectivity index (χ1n) is 19.5. The Balaban J connectivity index is 1.43. The molecule has 56 heavy (non-hydrogen) atoms. The Hall–Kier alpha value is -6.52. The largest absolute Gasteiger partial charge is 0.354 e. The normalized spacial score (nSPS) is 12.7. The number of benzene rings is 4. The summed E-state index contributed by atoms with van der Waals surface area (Å²) < 4.78 is 0. The number of nitrogens with zero attached hydrogens (tertiary/aromatic N) is 2. The summed E-state index contributed by atoms with van der Waals surface area (Å²) in [5.74, 6) is 0. The van der Waals surface area contributed by atoms with Gasteiger partial charge in [-0.15, -0.1) is 0 Å². The van der Waals surface area contributed by atoms with E-state index in [2.05, 4.69) is 209 Å². The quantitative estimate of drug-likeness (QED) is 0.190. The van der Waals surface area contributed by atoms with Crippen LogP contribution in [0, 0.1) is 0 Å². The van der Waals surface area contributed by atoms with Crippen molar-refractivity contribution in [3.05, 3.63) is 167 Å². The van der Waals surface area contributed by atoms with E-state index in [-0.39, 0.29) is 10.8 Å². The minimum absolute atomic E-state index is 0.0407. The van der Waals surface area contributed by atoms with Gasteiger partial charge in [0.25, 0.3) is 0 Å². The minimum atomic E-state index is 0.0407. The van der Waals surface area contributed by atoms with Crippen LogP contribution in [0.15, 0.2) is 133 Å². The van der Waals surface area contributed by atoms with E-state index in [1.807, 2.05) is 0 Å². The van der Waals surface area contributed by atoms with E-state index in [1.54, 1.807) is 0 Å². The number of aromatic amines is 2. The molecule has 2 N–H and O–H groups in total. The lowest BCUT2D eigenvalue weighted by molar-refractivity contribution is 0.590. The van der Waals surface area contributed by atoms with Gasteiger partial charge < -0.3 is 9.97 Å². The van der Waals surface area contributed by atoms with E-state index in [1.165, 1.54) is 11.1 Å². The Morgan fingerprint density at radius 2 is 0.589 bits per heavy atom. The van der Waals surface area contributed by atoms with E-state index < -0.39 is 0 Å². The Bertz CT molecular complexity index is 2630. The maximum absolute atomic E-state index is 5.45. The monoisotopic (exact) mass is 726 g/mol. The molecule has 0 spiro atoms. The highest BCUT2D eigenvalue weighted by molar-refractivity contribution is 5.99. The third kappa shape index (κ3) is 6.51. The number of H-pyrrole nitrogens is 2. The molecule has 0 unspecified atom stereocenters. The molecule has 0 amide bonds. The minimum Gasteiger partial charge on any atom is -0.354 e. The number of hydrogen-bond donors (Lipinski definition) is 2. The molecule has 0 saturated heterocycles. The molecule has 274 valence electrons. The summed E-state index contributed by atoms with van der Waals surface area (Å²) in [6.07, 6.45) is 8.64. The Kier molecular flexibility index (Phi) is 8.58. The van der Waals surface area contributed by atoms with E-state index in [0.717, 1.165) is 89.4 Å². The standard InChI is InChI=1S/C52H46N4/c1-51(2,3)37-21-17-35(18-22-37)49-43-29-27-41(54-43)47(33-13-9-7-10-14-33)39-25-26-40(53-39)48(34-15-11-8-12-16-34)42-28-30-44(55-42)50(46-32-31-45(49)56-46)36-19-23-38(24-20-36)52(4,5)6/h7-32,53,56H,1-6H3. The van der Waals surface area contributed by atoms with Gasteiger partial charge in [0.2, 0.25) is 0 Å². The SMILES string of the molecule is CC(C)(C)c1ccc(-c2c3nc(c(-c4ccccc4)c4ccc([nH]4)c(-c4ccccc4)c4nc(c(-c5ccc(C(C)(C)C)cc5)c5ccc2[nH]5)C=C4)C=C3)cc1. The summed E-state index contributed by atoms with van der Waals surface area (Å²) in [5.41, 5.74) is 18.9. The first-order valence-corrected chi connectivity index (χ1v) is 19.5. The van der Waals surface area contributed by atoms with Crippen molar-refractivity contribution in [3.8, 4) is 44.5 Å². The summed E-state index contributed by atoms with van der Waals surface area (Å²) >= 11 is 0. The zero-order valence-electron chi connectivity index (χ0n) is 32.9. The molecule has 0 radical (unpaired) electrons. The molecule has 3 aromatic heterocycles. The number of fused-ring (bicyclic) bond motifs is 8. The van der Waals surface area contributed by atoms with Crippen molar-refractivity contribution < 1.29 is 0 Å². The fraction of sp³-hybridized carbons (Fsp3) is 0.154. The van der Waals surface area contributed by atoms with Crippen LogP contribution < -0.4 is 0 Å². The average Bonchev–Trinajstić information content (AvgIpc) is 4.03. The summed E-state index contributed by atoms with van der Waals surface area (Å²) in [6.45, 7) is 13.5. The predicted molar refractivity (Wildman–Crippen MR) is 238 cm³/mol. The topological polar surface area (TPSA) is 57.4 Å². The molecule has 9 rings (SSSR count). The summed E-state index contributed by atoms with van der Waals surface area (Å²) in [6, 6.07) is 47.8. The van der Waals surface area contributed by atoms with Gasteiger partial charge in [-0.3, -0.25) is 0 Å². The zero-order valence-corrected chi connectivity index (χ0v) is 32.9. The lowest BCUT2D eigenvalue weighted by Gasteiger charge is -2.19. The lowest BCUT2D eigenvalue weighted by Crippen LogP contribution is -2.10. The van der Waals surface area contributed by atoms with E-state index >= 15 is 0 Å². The summed E-state index contributed by atoms with van der Waals surface area (Å²) in [5, 5.41) is 0. The highest BCUT2D eigenvalue weighted by Crippen LogP contribution is 2.39. The Morgan fingerprint density at radius 3 is 0.857 bits per heavy atom. The molecule has 2 aliphatic rings. The maximum atomic E-state index is 5.45. The van der Waals surface area contributed by atoms with Crippen LogP contribution in [-0.2, 0) is 10.8 Å². The van der Waals surface area contributed by atoms with Crippen molar-refractivity contribution in [2.45, 2.75) is 52.4 Å². The molecule has 4 aromatic carbocycles. The molecule has 0 fully saturated rings. The number of aromatic nitrogens is 4. The van der Waals surface area contributed by atoms with Crippen LogP contribution >= 0.6 is 0 Å². The Morgan fingerprint density at radius 1 is 0.321 bits per heavy atom. The summed E-state index contributed by atoms with van der Waals surface area (Å²) in [7, 11) is 0. The van der Waals surface area contributed by atoms with Crippen molar-refractivity contribution >= 4 is 46.4 Å². The van der Waals surface area contributed by atoms with Crippen LogP contribution in [0.4, 0.5) is 0 Å². The van der Waals surface area contributed by atoms with Crippen molar-refractivity contribution in [1.29, 1.82) is 0 Å². The van der Waals surface area contributed by atoms with Gasteiger partial charge >= 0.3 is 0 Å². The molecule has 4 heteroatoms. The second-order valence-electron chi connectivity index (χ2n) is 16.9. The second kappa shape index (κ2) is 13.6. The number of hydrogen-bond acceptors (Lipinski definition) is 2. The lowest BCUT2D eigenvalue weighted by atomic mass is 9.86. The van der Waals surface area contributed by atoms with Crippen molar-refractivity contribution in [1.82, 2.24) is 19.9 Å². The second-order valence-corrected chi connectivity index (χ2v) is 16.9. The number of rotatable bonds is 4. The highest BCUT2D eigenvalue weighted by Gasteiger charge is 2.20. The van der Waals surface area contributed by atoms with Gasteiger partial charge in [0.05, 0.1) is 22.8 Å². The molecule has 4 nitrogen and oxygen atoms in total. The summed E-state index contributed by atoms with van der Waals surface area (Å²) in [4.78, 5) is 18.6. The van der Waals surface area contributed by atoms with E-state index in [4.69, 9.17) is 9.97 Å². The van der Waals surface area contributed by atoms with Crippen molar-refractivity contribution in [3.63, 3.8) is 0 Å². The van der Waals surface area contributed by atoms with E-state index in [0.29, 0.717) is 0 Å². The van der Waals surface area contributed by atoms with Gasteiger partial charge in [-0.1, -0.05) is 151 Å². The zero-order chi connectivity index (χ0) is 38.6. The predicted octanol–water partition coefficient (Wildman–Crippen LogP) is 13.9. The number of nitrogens with one attached hydrogen (secondary N) is 2. The molecule has 8 bridgehead atoms. The van der Waals surface area contributed by atoms with Gasteiger partial charge in [-0.25, -0.2) is 9.97 Å². The molecule has 0 saturated carbocycles. The Labute approximate surface area is 329 Å². The maximum Gasteiger partial charge on any atom is 0.0737 e. The third-order valence-corrected chi connectivity index (χ3v) is 11.0. The highest BCUT2D eigenvalue weighted by atomic mass is 14.8. The van der Waals surface area contributed by atoms with Gasteiger partial charge in [0.15, 0.2) is 0 Å². The van der Waals surface area contributed by atoms with Gasteiger partial charge in [-0.2, -0.15) is 0 Å².